The third kappa shape index (κ3) is 1.94. The lowest BCUT2D eigenvalue weighted by molar-refractivity contribution is 0.492. The summed E-state index contributed by atoms with van der Waals surface area (Å²) in [5.74, 6) is 1.60. The van der Waals surface area contributed by atoms with E-state index in [4.69, 9.17) is 5.73 Å². The molecule has 0 spiro atoms. The van der Waals surface area contributed by atoms with Crippen LogP contribution in [-0.2, 0) is 6.42 Å². The second-order valence-corrected chi connectivity index (χ2v) is 5.28. The summed E-state index contributed by atoms with van der Waals surface area (Å²) in [6.45, 7) is 3.22. The van der Waals surface area contributed by atoms with E-state index in [9.17, 15) is 0 Å². The van der Waals surface area contributed by atoms with Gasteiger partial charge in [0.1, 0.15) is 0 Å². The minimum Gasteiger partial charge on any atom is -0.371 e. The van der Waals surface area contributed by atoms with E-state index in [0.29, 0.717) is 5.92 Å². The Balaban J connectivity index is 1.85. The molecular formula is C14H20N2. The molecule has 2 N–H and O–H groups in total. The first kappa shape index (κ1) is 10.2. The van der Waals surface area contributed by atoms with Crippen LogP contribution in [0.3, 0.4) is 0 Å². The third-order valence-electron chi connectivity index (χ3n) is 3.83. The van der Waals surface area contributed by atoms with E-state index in [1.165, 1.54) is 30.6 Å². The molecule has 3 rings (SSSR count). The van der Waals surface area contributed by atoms with Crippen molar-refractivity contribution < 1.29 is 0 Å². The lowest BCUT2D eigenvalue weighted by Crippen LogP contribution is -2.39. The first-order valence-corrected chi connectivity index (χ1v) is 6.39. The van der Waals surface area contributed by atoms with Gasteiger partial charge >= 0.3 is 0 Å². The van der Waals surface area contributed by atoms with Gasteiger partial charge in [-0.1, -0.05) is 18.2 Å². The van der Waals surface area contributed by atoms with Gasteiger partial charge in [-0.3, -0.25) is 0 Å². The largest absolute Gasteiger partial charge is 0.371 e. The number of hydrogen-bond donors (Lipinski definition) is 1. The highest BCUT2D eigenvalue weighted by molar-refractivity contribution is 5.56. The molecule has 0 amide bonds. The molecule has 86 valence electrons. The van der Waals surface area contributed by atoms with Crippen molar-refractivity contribution in [2.24, 2.45) is 17.6 Å². The molecule has 2 aliphatic rings. The summed E-state index contributed by atoms with van der Waals surface area (Å²) in [6.07, 6.45) is 4.01. The van der Waals surface area contributed by atoms with E-state index in [0.717, 1.165) is 25.4 Å². The molecule has 0 unspecified atom stereocenters. The molecule has 1 atom stereocenters. The van der Waals surface area contributed by atoms with Crippen molar-refractivity contribution in [1.82, 2.24) is 0 Å². The van der Waals surface area contributed by atoms with Crippen LogP contribution < -0.4 is 10.6 Å². The fraction of sp³-hybridized carbons (Fsp3) is 0.571. The van der Waals surface area contributed by atoms with Crippen molar-refractivity contribution in [3.05, 3.63) is 29.8 Å². The van der Waals surface area contributed by atoms with Crippen molar-refractivity contribution in [2.75, 3.05) is 24.5 Å². The maximum atomic E-state index is 5.84. The number of hydrogen-bond acceptors (Lipinski definition) is 2. The van der Waals surface area contributed by atoms with Gasteiger partial charge in [0, 0.05) is 18.8 Å². The first-order valence-electron chi connectivity index (χ1n) is 6.39. The predicted molar refractivity (Wildman–Crippen MR) is 67.6 cm³/mol. The molecule has 1 aliphatic heterocycles. The molecule has 1 saturated carbocycles. The molecule has 16 heavy (non-hydrogen) atoms. The van der Waals surface area contributed by atoms with Crippen LogP contribution in [0.5, 0.6) is 0 Å². The molecule has 0 aromatic heterocycles. The maximum absolute atomic E-state index is 5.84. The summed E-state index contributed by atoms with van der Waals surface area (Å²) in [5, 5.41) is 0. The van der Waals surface area contributed by atoms with E-state index >= 15 is 0 Å². The SMILES string of the molecule is NC[C@H]1Cc2ccccc2N(CC2CC2)C1. The van der Waals surface area contributed by atoms with Crippen LogP contribution >= 0.6 is 0 Å². The average molecular weight is 216 g/mol. The standard InChI is InChI=1S/C14H20N2/c15-8-12-7-13-3-1-2-4-14(13)16(10-12)9-11-5-6-11/h1-4,11-12H,5-10,15H2/t12-/m1/s1. The molecule has 0 bridgehead atoms. The van der Waals surface area contributed by atoms with Crippen molar-refractivity contribution in [1.29, 1.82) is 0 Å². The Labute approximate surface area is 97.4 Å². The molecule has 2 heteroatoms. The van der Waals surface area contributed by atoms with Gasteiger partial charge in [0.15, 0.2) is 0 Å². The molecule has 2 nitrogen and oxygen atoms in total. The number of rotatable bonds is 3. The molecule has 0 radical (unpaired) electrons. The molecule has 1 heterocycles. The van der Waals surface area contributed by atoms with E-state index < -0.39 is 0 Å². The summed E-state index contributed by atoms with van der Waals surface area (Å²) in [7, 11) is 0. The van der Waals surface area contributed by atoms with Crippen LogP contribution in [0.2, 0.25) is 0 Å². The number of anilines is 1. The molecule has 1 aromatic carbocycles. The normalized spacial score (nSPS) is 24.3. The maximum Gasteiger partial charge on any atom is 0.0399 e. The second kappa shape index (κ2) is 4.10. The Morgan fingerprint density at radius 2 is 2.00 bits per heavy atom. The van der Waals surface area contributed by atoms with Crippen molar-refractivity contribution in [3.63, 3.8) is 0 Å². The Hall–Kier alpha value is -1.02. The highest BCUT2D eigenvalue weighted by atomic mass is 15.1. The van der Waals surface area contributed by atoms with Gasteiger partial charge in [0.05, 0.1) is 0 Å². The minimum absolute atomic E-state index is 0.647. The topological polar surface area (TPSA) is 29.3 Å². The van der Waals surface area contributed by atoms with Gasteiger partial charge in [0.2, 0.25) is 0 Å². The molecular weight excluding hydrogens is 196 g/mol. The summed E-state index contributed by atoms with van der Waals surface area (Å²) in [6, 6.07) is 8.83. The predicted octanol–water partition coefficient (Wildman–Crippen LogP) is 2.03. The average Bonchev–Trinajstić information content (AvgIpc) is 3.13. The van der Waals surface area contributed by atoms with Gasteiger partial charge in [0.25, 0.3) is 0 Å². The summed E-state index contributed by atoms with van der Waals surface area (Å²) in [5.41, 5.74) is 8.79. The second-order valence-electron chi connectivity index (χ2n) is 5.28. The first-order chi connectivity index (χ1) is 7.86. The smallest absolute Gasteiger partial charge is 0.0399 e. The van der Waals surface area contributed by atoms with Gasteiger partial charge in [-0.05, 0) is 49.3 Å². The van der Waals surface area contributed by atoms with Crippen LogP contribution in [0.1, 0.15) is 18.4 Å². The van der Waals surface area contributed by atoms with E-state index in [2.05, 4.69) is 29.2 Å². The number of nitrogens with two attached hydrogens (primary N) is 1. The Morgan fingerprint density at radius 1 is 1.19 bits per heavy atom. The summed E-state index contributed by atoms with van der Waals surface area (Å²) >= 11 is 0. The van der Waals surface area contributed by atoms with Gasteiger partial charge < -0.3 is 10.6 Å². The van der Waals surface area contributed by atoms with Crippen molar-refractivity contribution in [3.8, 4) is 0 Å². The Morgan fingerprint density at radius 3 is 2.75 bits per heavy atom. The Kier molecular flexibility index (Phi) is 2.60. The lowest BCUT2D eigenvalue weighted by atomic mass is 9.92. The number of benzene rings is 1. The van der Waals surface area contributed by atoms with Crippen LogP contribution in [0.15, 0.2) is 24.3 Å². The minimum atomic E-state index is 0.647. The molecule has 1 aromatic rings. The highest BCUT2D eigenvalue weighted by Gasteiger charge is 2.29. The highest BCUT2D eigenvalue weighted by Crippen LogP contribution is 2.35. The zero-order valence-corrected chi connectivity index (χ0v) is 9.73. The molecule has 1 aliphatic carbocycles. The van der Waals surface area contributed by atoms with Crippen LogP contribution in [0.4, 0.5) is 5.69 Å². The summed E-state index contributed by atoms with van der Waals surface area (Å²) in [4.78, 5) is 2.56. The monoisotopic (exact) mass is 216 g/mol. The lowest BCUT2D eigenvalue weighted by Gasteiger charge is -2.36. The van der Waals surface area contributed by atoms with Crippen LogP contribution in [0.25, 0.3) is 0 Å². The van der Waals surface area contributed by atoms with Crippen LogP contribution in [0, 0.1) is 11.8 Å². The number of nitrogens with zero attached hydrogens (tertiary/aromatic N) is 1. The quantitative estimate of drug-likeness (QED) is 0.837. The van der Waals surface area contributed by atoms with Crippen molar-refractivity contribution >= 4 is 5.69 Å². The number of fused-ring (bicyclic) bond motifs is 1. The van der Waals surface area contributed by atoms with Gasteiger partial charge in [-0.25, -0.2) is 0 Å². The zero-order valence-electron chi connectivity index (χ0n) is 9.73. The van der Waals surface area contributed by atoms with Crippen LogP contribution in [-0.4, -0.2) is 19.6 Å². The third-order valence-corrected chi connectivity index (χ3v) is 3.83. The van der Waals surface area contributed by atoms with E-state index in [1.54, 1.807) is 0 Å². The number of para-hydroxylation sites is 1. The Bertz CT molecular complexity index is 371. The fourth-order valence-electron chi connectivity index (χ4n) is 2.72. The fourth-order valence-corrected chi connectivity index (χ4v) is 2.72. The van der Waals surface area contributed by atoms with Crippen molar-refractivity contribution in [2.45, 2.75) is 19.3 Å². The van der Waals surface area contributed by atoms with E-state index in [-0.39, 0.29) is 0 Å². The van der Waals surface area contributed by atoms with Gasteiger partial charge in [-0.2, -0.15) is 0 Å². The van der Waals surface area contributed by atoms with Gasteiger partial charge in [-0.15, -0.1) is 0 Å². The molecule has 1 fully saturated rings. The van der Waals surface area contributed by atoms with E-state index in [1.807, 2.05) is 0 Å². The molecule has 0 saturated heterocycles. The zero-order chi connectivity index (χ0) is 11.0. The summed E-state index contributed by atoms with van der Waals surface area (Å²) < 4.78 is 0.